The minimum atomic E-state index is -0.491. The number of benzene rings is 1. The molecule has 1 N–H and O–H groups in total. The Morgan fingerprint density at radius 3 is 2.64 bits per heavy atom. The number of hydrogen-bond acceptors (Lipinski definition) is 4. The van der Waals surface area contributed by atoms with Crippen molar-refractivity contribution in [1.29, 1.82) is 5.26 Å². The van der Waals surface area contributed by atoms with Gasteiger partial charge >= 0.3 is 0 Å². The standard InChI is InChI=1S/C21H27N3O/c1-2-19-18-8-7-15(21(14-22)11-9-17(25)10-12-21)13-20(18)24(23-19)16-5-3-4-6-16/h7-8,13,16,19,23H,2-6,9-12H2,1H3. The van der Waals surface area contributed by atoms with Crippen molar-refractivity contribution in [2.45, 2.75) is 82.2 Å². The van der Waals surface area contributed by atoms with E-state index < -0.39 is 5.41 Å². The van der Waals surface area contributed by atoms with Gasteiger partial charge in [0.25, 0.3) is 0 Å². The Balaban J connectivity index is 1.71. The van der Waals surface area contributed by atoms with Crippen LogP contribution in [0.5, 0.6) is 0 Å². The molecule has 0 spiro atoms. The van der Waals surface area contributed by atoms with E-state index in [-0.39, 0.29) is 0 Å². The molecule has 2 saturated carbocycles. The van der Waals surface area contributed by atoms with Crippen LogP contribution in [-0.2, 0) is 10.2 Å². The predicted octanol–water partition coefficient (Wildman–Crippen LogP) is 4.31. The third-order valence-electron chi connectivity index (χ3n) is 6.49. The van der Waals surface area contributed by atoms with Gasteiger partial charge in [0.1, 0.15) is 5.78 Å². The SMILES string of the molecule is CCC1NN(C2CCCC2)c2cc(C3(C#N)CCC(=O)CC3)ccc21. The summed E-state index contributed by atoms with van der Waals surface area (Å²) in [6.45, 7) is 2.22. The molecule has 0 radical (unpaired) electrons. The van der Waals surface area contributed by atoms with Crippen molar-refractivity contribution in [1.82, 2.24) is 5.43 Å². The van der Waals surface area contributed by atoms with Gasteiger partial charge in [-0.15, -0.1) is 0 Å². The van der Waals surface area contributed by atoms with E-state index in [1.165, 1.54) is 36.9 Å². The molecule has 3 aliphatic rings. The molecule has 1 atom stereocenters. The van der Waals surface area contributed by atoms with Crippen LogP contribution in [0.4, 0.5) is 5.69 Å². The Morgan fingerprint density at radius 1 is 1.28 bits per heavy atom. The smallest absolute Gasteiger partial charge is 0.133 e. The van der Waals surface area contributed by atoms with Crippen molar-refractivity contribution < 1.29 is 4.79 Å². The molecule has 0 saturated heterocycles. The Hall–Kier alpha value is -1.86. The summed E-state index contributed by atoms with van der Waals surface area (Å²) in [6.07, 6.45) is 8.55. The van der Waals surface area contributed by atoms with Crippen molar-refractivity contribution in [3.63, 3.8) is 0 Å². The third-order valence-corrected chi connectivity index (χ3v) is 6.49. The van der Waals surface area contributed by atoms with Crippen LogP contribution in [0.1, 0.15) is 81.9 Å². The maximum Gasteiger partial charge on any atom is 0.133 e. The lowest BCUT2D eigenvalue weighted by molar-refractivity contribution is -0.120. The zero-order chi connectivity index (χ0) is 17.4. The molecule has 132 valence electrons. The average Bonchev–Trinajstić information content (AvgIpc) is 3.29. The Kier molecular flexibility index (Phi) is 4.29. The molecule has 25 heavy (non-hydrogen) atoms. The molecule has 1 aliphatic heterocycles. The van der Waals surface area contributed by atoms with Crippen molar-refractivity contribution >= 4 is 11.5 Å². The van der Waals surface area contributed by atoms with E-state index in [0.29, 0.717) is 43.6 Å². The molecule has 2 fully saturated rings. The van der Waals surface area contributed by atoms with Gasteiger partial charge in [-0.3, -0.25) is 4.79 Å². The monoisotopic (exact) mass is 337 g/mol. The average molecular weight is 337 g/mol. The lowest BCUT2D eigenvalue weighted by Crippen LogP contribution is -2.41. The van der Waals surface area contributed by atoms with E-state index in [4.69, 9.17) is 0 Å². The van der Waals surface area contributed by atoms with Crippen LogP contribution in [0.25, 0.3) is 0 Å². The summed E-state index contributed by atoms with van der Waals surface area (Å²) in [5.41, 5.74) is 6.95. The van der Waals surface area contributed by atoms with Crippen molar-refractivity contribution in [3.8, 4) is 6.07 Å². The van der Waals surface area contributed by atoms with Gasteiger partial charge in [0, 0.05) is 18.9 Å². The number of carbonyl (C=O) groups excluding carboxylic acids is 1. The summed E-state index contributed by atoms with van der Waals surface area (Å²) in [5, 5.41) is 12.3. The Bertz CT molecular complexity index is 704. The molecule has 1 aromatic rings. The zero-order valence-electron chi connectivity index (χ0n) is 15.1. The number of hydrogen-bond donors (Lipinski definition) is 1. The second-order valence-corrected chi connectivity index (χ2v) is 7.90. The van der Waals surface area contributed by atoms with Crippen LogP contribution in [0, 0.1) is 11.3 Å². The van der Waals surface area contributed by atoms with Crippen molar-refractivity contribution in [3.05, 3.63) is 29.3 Å². The third kappa shape index (κ3) is 2.75. The summed E-state index contributed by atoms with van der Waals surface area (Å²) in [6, 6.07) is 10.1. The van der Waals surface area contributed by atoms with Gasteiger partial charge in [0.2, 0.25) is 0 Å². The molecule has 4 heteroatoms. The molecule has 4 rings (SSSR count). The second kappa shape index (κ2) is 6.46. The van der Waals surface area contributed by atoms with Crippen LogP contribution in [0.3, 0.4) is 0 Å². The molecule has 2 aliphatic carbocycles. The minimum absolute atomic E-state index is 0.298. The Morgan fingerprint density at radius 2 is 2.00 bits per heavy atom. The van der Waals surface area contributed by atoms with Gasteiger partial charge in [0.05, 0.1) is 23.2 Å². The summed E-state index contributed by atoms with van der Waals surface area (Å²) >= 11 is 0. The van der Waals surface area contributed by atoms with Gasteiger partial charge in [0.15, 0.2) is 0 Å². The number of nitriles is 1. The van der Waals surface area contributed by atoms with Crippen LogP contribution >= 0.6 is 0 Å². The van der Waals surface area contributed by atoms with Crippen LogP contribution in [-0.4, -0.2) is 11.8 Å². The quantitative estimate of drug-likeness (QED) is 0.893. The summed E-state index contributed by atoms with van der Waals surface area (Å²) in [7, 11) is 0. The van der Waals surface area contributed by atoms with Gasteiger partial charge in [-0.05, 0) is 49.3 Å². The van der Waals surface area contributed by atoms with E-state index in [0.717, 1.165) is 12.0 Å². The fraction of sp³-hybridized carbons (Fsp3) is 0.619. The number of anilines is 1. The Labute approximate surface area is 150 Å². The molecule has 1 heterocycles. The molecule has 4 nitrogen and oxygen atoms in total. The van der Waals surface area contributed by atoms with Gasteiger partial charge in [-0.2, -0.15) is 5.26 Å². The highest BCUT2D eigenvalue weighted by Gasteiger charge is 2.39. The van der Waals surface area contributed by atoms with E-state index in [1.54, 1.807) is 0 Å². The maximum absolute atomic E-state index is 11.7. The molecular formula is C21H27N3O. The topological polar surface area (TPSA) is 56.1 Å². The van der Waals surface area contributed by atoms with E-state index in [9.17, 15) is 10.1 Å². The largest absolute Gasteiger partial charge is 0.304 e. The van der Waals surface area contributed by atoms with Gasteiger partial charge in [-0.1, -0.05) is 31.9 Å². The van der Waals surface area contributed by atoms with E-state index >= 15 is 0 Å². The zero-order valence-corrected chi connectivity index (χ0v) is 15.1. The number of nitrogens with zero attached hydrogens (tertiary/aromatic N) is 2. The number of Topliss-reactive ketones (excluding diaryl/α,β-unsaturated/α-hetero) is 1. The fourth-order valence-corrected chi connectivity index (χ4v) is 4.85. The molecule has 0 amide bonds. The lowest BCUT2D eigenvalue weighted by Gasteiger charge is -2.32. The van der Waals surface area contributed by atoms with E-state index in [1.807, 2.05) is 0 Å². The van der Waals surface area contributed by atoms with Crippen LogP contribution in [0.15, 0.2) is 18.2 Å². The second-order valence-electron chi connectivity index (χ2n) is 7.90. The number of hydrazine groups is 1. The van der Waals surface area contributed by atoms with Crippen molar-refractivity contribution in [2.24, 2.45) is 0 Å². The van der Waals surface area contributed by atoms with Crippen LogP contribution in [0.2, 0.25) is 0 Å². The first-order chi connectivity index (χ1) is 12.2. The number of rotatable bonds is 3. The first-order valence-corrected chi connectivity index (χ1v) is 9.79. The fourth-order valence-electron chi connectivity index (χ4n) is 4.85. The highest BCUT2D eigenvalue weighted by molar-refractivity contribution is 5.80. The highest BCUT2D eigenvalue weighted by atomic mass is 16.1. The number of ketones is 1. The molecule has 0 aromatic heterocycles. The summed E-state index contributed by atoms with van der Waals surface area (Å²) in [4.78, 5) is 11.7. The number of carbonyl (C=O) groups is 1. The normalized spacial score (nSPS) is 25.8. The lowest BCUT2D eigenvalue weighted by atomic mass is 9.70. The van der Waals surface area contributed by atoms with Gasteiger partial charge < -0.3 is 5.01 Å². The maximum atomic E-state index is 11.7. The number of fused-ring (bicyclic) bond motifs is 1. The molecule has 0 bridgehead atoms. The first-order valence-electron chi connectivity index (χ1n) is 9.79. The van der Waals surface area contributed by atoms with Crippen LogP contribution < -0.4 is 10.4 Å². The predicted molar refractivity (Wildman–Crippen MR) is 98.1 cm³/mol. The van der Waals surface area contributed by atoms with E-state index in [2.05, 4.69) is 41.6 Å². The van der Waals surface area contributed by atoms with Gasteiger partial charge in [-0.25, -0.2) is 5.43 Å². The molecule has 1 unspecified atom stereocenters. The highest BCUT2D eigenvalue weighted by Crippen LogP contribution is 2.44. The first kappa shape index (κ1) is 16.6. The van der Waals surface area contributed by atoms with Crippen molar-refractivity contribution in [2.75, 3.05) is 5.01 Å². The summed E-state index contributed by atoms with van der Waals surface area (Å²) in [5.74, 6) is 0.298. The minimum Gasteiger partial charge on any atom is -0.304 e. The molecule has 1 aromatic carbocycles. The molecular weight excluding hydrogens is 310 g/mol. The summed E-state index contributed by atoms with van der Waals surface area (Å²) < 4.78 is 0. The number of nitrogens with one attached hydrogen (secondary N) is 1.